The molecule has 0 rings (SSSR count). The van der Waals surface area contributed by atoms with Crippen molar-refractivity contribution < 1.29 is 24.5 Å². The monoisotopic (exact) mass is 952 g/mol. The summed E-state index contributed by atoms with van der Waals surface area (Å²) in [6.45, 7) is 6.38. The van der Waals surface area contributed by atoms with E-state index in [9.17, 15) is 19.8 Å². The summed E-state index contributed by atoms with van der Waals surface area (Å²) >= 11 is 0. The van der Waals surface area contributed by atoms with Gasteiger partial charge >= 0.3 is 5.97 Å². The highest BCUT2D eigenvalue weighted by molar-refractivity contribution is 5.77. The Bertz CT molecular complexity index is 1210. The second-order valence-corrected chi connectivity index (χ2v) is 20.0. The summed E-state index contributed by atoms with van der Waals surface area (Å²) < 4.78 is 5.94. The number of carbonyl (C=O) groups is 2. The lowest BCUT2D eigenvalue weighted by atomic mass is 10.0. The van der Waals surface area contributed by atoms with E-state index in [0.717, 1.165) is 77.0 Å². The van der Waals surface area contributed by atoms with Crippen LogP contribution in [0, 0.1) is 0 Å². The van der Waals surface area contributed by atoms with E-state index in [1.165, 1.54) is 173 Å². The molecule has 0 aliphatic rings. The molecule has 0 heterocycles. The molecule has 0 aromatic heterocycles. The second-order valence-electron chi connectivity index (χ2n) is 20.0. The van der Waals surface area contributed by atoms with E-state index in [0.29, 0.717) is 19.3 Å². The summed E-state index contributed by atoms with van der Waals surface area (Å²) in [5.41, 5.74) is 0. The third-order valence-electron chi connectivity index (χ3n) is 13.3. The Hall–Kier alpha value is -2.44. The number of aliphatic hydroxyl groups excluding tert-OH is 2. The van der Waals surface area contributed by atoms with Gasteiger partial charge in [-0.1, -0.05) is 261 Å². The molecule has 1 amide bonds. The lowest BCUT2D eigenvalue weighted by Gasteiger charge is -2.24. The molecule has 0 aromatic carbocycles. The molecular formula is C62H113NO5. The van der Waals surface area contributed by atoms with Crippen molar-refractivity contribution in [1.82, 2.24) is 5.32 Å². The van der Waals surface area contributed by atoms with E-state index in [1.807, 2.05) is 0 Å². The van der Waals surface area contributed by atoms with Crippen molar-refractivity contribution in [3.8, 4) is 0 Å². The zero-order chi connectivity index (χ0) is 49.5. The fraction of sp³-hybridized carbons (Fsp3) is 0.806. The van der Waals surface area contributed by atoms with E-state index in [2.05, 4.69) is 86.8 Å². The van der Waals surface area contributed by atoms with Crippen LogP contribution in [0.5, 0.6) is 0 Å². The molecule has 0 saturated carbocycles. The average molecular weight is 953 g/mol. The summed E-state index contributed by atoms with van der Waals surface area (Å²) in [7, 11) is 0. The van der Waals surface area contributed by atoms with E-state index < -0.39 is 18.2 Å². The summed E-state index contributed by atoms with van der Waals surface area (Å²) in [4.78, 5) is 26.3. The fourth-order valence-electron chi connectivity index (χ4n) is 8.89. The molecule has 0 spiro atoms. The number of ether oxygens (including phenoxy) is 1. The van der Waals surface area contributed by atoms with Crippen molar-refractivity contribution in [2.75, 3.05) is 6.61 Å². The molecule has 0 saturated heterocycles. The summed E-state index contributed by atoms with van der Waals surface area (Å²) in [5, 5.41) is 23.9. The lowest BCUT2D eigenvalue weighted by molar-refractivity contribution is -0.151. The number of unbranched alkanes of at least 4 members (excludes halogenated alkanes) is 31. The number of hydrogen-bond acceptors (Lipinski definition) is 5. The summed E-state index contributed by atoms with van der Waals surface area (Å²) in [6.07, 6.45) is 70.1. The Kier molecular flexibility index (Phi) is 53.5. The zero-order valence-electron chi connectivity index (χ0n) is 45.2. The first kappa shape index (κ1) is 65.6. The number of nitrogens with one attached hydrogen (secondary N) is 1. The van der Waals surface area contributed by atoms with Crippen LogP contribution in [0.1, 0.15) is 297 Å². The van der Waals surface area contributed by atoms with Crippen molar-refractivity contribution in [2.24, 2.45) is 0 Å². The van der Waals surface area contributed by atoms with E-state index >= 15 is 0 Å². The van der Waals surface area contributed by atoms with Gasteiger partial charge in [0.1, 0.15) is 6.10 Å². The number of hydrogen-bond donors (Lipinski definition) is 3. The van der Waals surface area contributed by atoms with Crippen molar-refractivity contribution in [3.05, 3.63) is 60.8 Å². The first-order valence-corrected chi connectivity index (χ1v) is 29.5. The first-order valence-electron chi connectivity index (χ1n) is 29.5. The fourth-order valence-corrected chi connectivity index (χ4v) is 8.89. The van der Waals surface area contributed by atoms with Gasteiger partial charge in [-0.25, -0.2) is 0 Å². The van der Waals surface area contributed by atoms with Crippen LogP contribution in [0.2, 0.25) is 0 Å². The van der Waals surface area contributed by atoms with Gasteiger partial charge in [-0.15, -0.1) is 0 Å². The lowest BCUT2D eigenvalue weighted by Crippen LogP contribution is -2.46. The number of esters is 1. The van der Waals surface area contributed by atoms with Gasteiger partial charge in [0, 0.05) is 6.42 Å². The molecular weight excluding hydrogens is 839 g/mol. The van der Waals surface area contributed by atoms with Gasteiger partial charge in [-0.2, -0.15) is 0 Å². The Morgan fingerprint density at radius 2 is 0.809 bits per heavy atom. The molecule has 6 heteroatoms. The highest BCUT2D eigenvalue weighted by Crippen LogP contribution is 2.18. The molecule has 0 aliphatic carbocycles. The van der Waals surface area contributed by atoms with Gasteiger partial charge in [0.15, 0.2) is 0 Å². The first-order chi connectivity index (χ1) is 33.5. The van der Waals surface area contributed by atoms with E-state index in [4.69, 9.17) is 4.74 Å². The molecule has 6 nitrogen and oxygen atoms in total. The molecule has 396 valence electrons. The van der Waals surface area contributed by atoms with Gasteiger partial charge < -0.3 is 20.3 Å². The molecule has 0 aromatic rings. The normalized spacial score (nSPS) is 13.5. The number of allylic oxidation sites excluding steroid dienone is 10. The van der Waals surface area contributed by atoms with Gasteiger partial charge in [-0.3, -0.25) is 9.59 Å². The minimum Gasteiger partial charge on any atom is -0.462 e. The van der Waals surface area contributed by atoms with Gasteiger partial charge in [0.05, 0.1) is 25.2 Å². The van der Waals surface area contributed by atoms with Crippen molar-refractivity contribution in [2.45, 2.75) is 315 Å². The quantitative estimate of drug-likeness (QED) is 0.0321. The third-order valence-corrected chi connectivity index (χ3v) is 13.3. The molecule has 3 unspecified atom stereocenters. The van der Waals surface area contributed by atoms with Crippen LogP contribution in [0.25, 0.3) is 0 Å². The van der Waals surface area contributed by atoms with Crippen LogP contribution in [-0.2, 0) is 14.3 Å². The average Bonchev–Trinajstić information content (AvgIpc) is 3.33. The molecule has 3 atom stereocenters. The second kappa shape index (κ2) is 55.5. The van der Waals surface area contributed by atoms with E-state index in [1.54, 1.807) is 0 Å². The van der Waals surface area contributed by atoms with Crippen LogP contribution in [-0.4, -0.2) is 46.9 Å². The number of rotatable bonds is 53. The number of amides is 1. The topological polar surface area (TPSA) is 95.9 Å². The maximum Gasteiger partial charge on any atom is 0.306 e. The van der Waals surface area contributed by atoms with Gasteiger partial charge in [-0.05, 0) is 83.5 Å². The predicted octanol–water partition coefficient (Wildman–Crippen LogP) is 18.4. The van der Waals surface area contributed by atoms with Crippen LogP contribution >= 0.6 is 0 Å². The molecule has 0 aliphatic heterocycles. The summed E-state index contributed by atoms with van der Waals surface area (Å²) in [5.74, 6) is -0.522. The summed E-state index contributed by atoms with van der Waals surface area (Å²) in [6, 6.07) is -0.721. The standard InChI is InChI=1S/C62H113NO5/c1-4-7-10-13-16-19-22-25-28-30-31-32-34-37-40-43-46-49-52-55-62(67)68-58(53-50-47-44-41-38-35-27-24-21-18-15-12-9-6-3)56-61(66)63-59(57-64)60(65)54-51-48-45-42-39-36-33-29-26-23-20-17-14-11-8-5-2/h9,12,18,21,25,27-28,35,41,44,58-60,64-65H,4-8,10-11,13-17,19-20,22-24,26,29-34,36-40,42-43,45-57H2,1-3H3,(H,63,66)/b12-9+,21-18+,28-25+,35-27+,44-41+. The van der Waals surface area contributed by atoms with Gasteiger partial charge in [0.2, 0.25) is 5.91 Å². The predicted molar refractivity (Wildman–Crippen MR) is 296 cm³/mol. The number of carbonyl (C=O) groups excluding carboxylic acids is 2. The third kappa shape index (κ3) is 50.0. The Labute approximate surface area is 422 Å². The van der Waals surface area contributed by atoms with Crippen LogP contribution in [0.15, 0.2) is 60.8 Å². The van der Waals surface area contributed by atoms with Crippen LogP contribution in [0.3, 0.4) is 0 Å². The maximum absolute atomic E-state index is 13.3. The SMILES string of the molecule is CC/C=C/C/C=C/C/C=C/C/C=C/CCCC(CC(=O)NC(CO)C(O)CCCCCCCCCCCCCCCCCC)OC(=O)CCCCCCCCCCC/C=C/CCCCCCCC. The molecule has 0 fully saturated rings. The minimum absolute atomic E-state index is 0.0394. The molecule has 3 N–H and O–H groups in total. The Morgan fingerprint density at radius 1 is 0.441 bits per heavy atom. The highest BCUT2D eigenvalue weighted by Gasteiger charge is 2.24. The smallest absolute Gasteiger partial charge is 0.306 e. The zero-order valence-corrected chi connectivity index (χ0v) is 45.2. The van der Waals surface area contributed by atoms with Crippen molar-refractivity contribution in [1.29, 1.82) is 0 Å². The Balaban J connectivity index is 4.56. The van der Waals surface area contributed by atoms with Crippen LogP contribution in [0.4, 0.5) is 0 Å². The van der Waals surface area contributed by atoms with Gasteiger partial charge in [0.25, 0.3) is 0 Å². The van der Waals surface area contributed by atoms with Crippen LogP contribution < -0.4 is 5.32 Å². The Morgan fingerprint density at radius 3 is 1.25 bits per heavy atom. The molecule has 68 heavy (non-hydrogen) atoms. The van der Waals surface area contributed by atoms with Crippen molar-refractivity contribution >= 4 is 11.9 Å². The minimum atomic E-state index is -0.804. The number of aliphatic hydroxyl groups is 2. The maximum atomic E-state index is 13.3. The van der Waals surface area contributed by atoms with E-state index in [-0.39, 0.29) is 24.9 Å². The van der Waals surface area contributed by atoms with Crippen molar-refractivity contribution in [3.63, 3.8) is 0 Å². The molecule has 0 bridgehead atoms. The largest absolute Gasteiger partial charge is 0.462 e. The highest BCUT2D eigenvalue weighted by atomic mass is 16.5. The molecule has 0 radical (unpaired) electrons.